The Hall–Kier alpha value is -4.31. The molecule has 0 unspecified atom stereocenters. The fourth-order valence-electron chi connectivity index (χ4n) is 3.14. The third kappa shape index (κ3) is 7.17. The highest BCUT2D eigenvalue weighted by atomic mass is 35.5. The number of methoxy groups -OCH3 is 1. The van der Waals surface area contributed by atoms with Gasteiger partial charge in [-0.3, -0.25) is 14.9 Å². The lowest BCUT2D eigenvalue weighted by molar-refractivity contribution is -0.384. The minimum absolute atomic E-state index is 0.0440. The summed E-state index contributed by atoms with van der Waals surface area (Å²) in [6.45, 7) is 1.84. The minimum atomic E-state index is -4.22. The van der Waals surface area contributed by atoms with Gasteiger partial charge in [0.25, 0.3) is 11.6 Å². The van der Waals surface area contributed by atoms with Crippen molar-refractivity contribution in [2.45, 2.75) is 11.8 Å². The van der Waals surface area contributed by atoms with Crippen molar-refractivity contribution >= 4 is 56.7 Å². The number of amides is 1. The minimum Gasteiger partial charge on any atom is -0.497 e. The number of rotatable bonds is 10. The molecule has 202 valence electrons. The summed E-state index contributed by atoms with van der Waals surface area (Å²) < 4.78 is 41.3. The molecule has 0 radical (unpaired) electrons. The van der Waals surface area contributed by atoms with E-state index in [0.29, 0.717) is 11.3 Å². The maximum Gasteiger partial charge on any atom is 0.339 e. The average molecular weight is 592 g/mol. The fourth-order valence-corrected chi connectivity index (χ4v) is 4.65. The molecule has 1 amide bonds. The SMILES string of the molecule is CCOc1cc(/C=C(\C#N)C(=O)Nc2c(Cl)cc([N+](=O)[O-])cc2Cl)ccc1OS(=O)(=O)c1ccc(OC)cc1. The standard InChI is InChI=1S/C25H19Cl2N3O8S/c1-3-37-23-11-15(4-9-22(23)38-39(34,35)19-7-5-18(36-2)6-8-19)10-16(14-28)25(31)29-24-20(26)12-17(30(32)33)13-21(24)27/h4-13H,3H2,1-2H3,(H,29,31)/b16-10+. The zero-order valence-corrected chi connectivity index (χ0v) is 22.6. The van der Waals surface area contributed by atoms with Crippen molar-refractivity contribution < 1.29 is 31.8 Å². The van der Waals surface area contributed by atoms with Gasteiger partial charge in [-0.2, -0.15) is 13.7 Å². The average Bonchev–Trinajstić information content (AvgIpc) is 2.90. The maximum absolute atomic E-state index is 12.8. The summed E-state index contributed by atoms with van der Waals surface area (Å²) in [5.41, 5.74) is -0.556. The summed E-state index contributed by atoms with van der Waals surface area (Å²) in [5, 5.41) is 22.5. The Labute approximate surface area is 233 Å². The Morgan fingerprint density at radius 2 is 1.74 bits per heavy atom. The van der Waals surface area contributed by atoms with E-state index in [1.807, 2.05) is 0 Å². The van der Waals surface area contributed by atoms with Gasteiger partial charge in [0.2, 0.25) is 0 Å². The summed E-state index contributed by atoms with van der Waals surface area (Å²) in [4.78, 5) is 22.9. The van der Waals surface area contributed by atoms with Crippen LogP contribution in [0, 0.1) is 21.4 Å². The Bertz CT molecular complexity index is 1580. The van der Waals surface area contributed by atoms with E-state index in [9.17, 15) is 28.6 Å². The van der Waals surface area contributed by atoms with Crippen LogP contribution in [0.3, 0.4) is 0 Å². The van der Waals surface area contributed by atoms with E-state index in [1.165, 1.54) is 55.7 Å². The maximum atomic E-state index is 12.8. The second kappa shape index (κ2) is 12.5. The Morgan fingerprint density at radius 3 is 2.28 bits per heavy atom. The van der Waals surface area contributed by atoms with Crippen LogP contribution in [-0.4, -0.2) is 33.0 Å². The van der Waals surface area contributed by atoms with Crippen LogP contribution in [0.1, 0.15) is 12.5 Å². The zero-order chi connectivity index (χ0) is 28.7. The van der Waals surface area contributed by atoms with Crippen LogP contribution in [0.15, 0.2) is 65.1 Å². The third-order valence-corrected chi connectivity index (χ3v) is 6.81. The van der Waals surface area contributed by atoms with Crippen LogP contribution in [0.2, 0.25) is 10.0 Å². The number of nitro groups is 1. The van der Waals surface area contributed by atoms with Crippen molar-refractivity contribution in [3.8, 4) is 23.3 Å². The first-order chi connectivity index (χ1) is 18.5. The van der Waals surface area contributed by atoms with Crippen LogP contribution in [0.5, 0.6) is 17.2 Å². The van der Waals surface area contributed by atoms with Crippen molar-refractivity contribution in [3.05, 3.63) is 85.9 Å². The number of halogens is 2. The quantitative estimate of drug-likeness (QED) is 0.104. The van der Waals surface area contributed by atoms with E-state index >= 15 is 0 Å². The van der Waals surface area contributed by atoms with Gasteiger partial charge in [0, 0.05) is 12.1 Å². The second-order valence-corrected chi connectivity index (χ2v) is 9.88. The number of nitriles is 1. The first kappa shape index (κ1) is 29.2. The number of ether oxygens (including phenoxy) is 2. The van der Waals surface area contributed by atoms with Gasteiger partial charge < -0.3 is 19.0 Å². The summed E-state index contributed by atoms with van der Waals surface area (Å²) in [6, 6.07) is 13.5. The molecule has 0 aliphatic heterocycles. The lowest BCUT2D eigenvalue weighted by atomic mass is 10.1. The van der Waals surface area contributed by atoms with Crippen LogP contribution in [-0.2, 0) is 14.9 Å². The molecule has 0 saturated carbocycles. The molecule has 0 bridgehead atoms. The molecule has 14 heteroatoms. The Morgan fingerprint density at radius 1 is 1.10 bits per heavy atom. The molecular weight excluding hydrogens is 573 g/mol. The normalized spacial score (nSPS) is 11.3. The highest BCUT2D eigenvalue weighted by Gasteiger charge is 2.21. The third-order valence-electron chi connectivity index (χ3n) is 4.97. The number of nitro benzene ring substituents is 1. The molecule has 0 atom stereocenters. The highest BCUT2D eigenvalue weighted by Crippen LogP contribution is 2.35. The van der Waals surface area contributed by atoms with Crippen LogP contribution in [0.25, 0.3) is 6.08 Å². The van der Waals surface area contributed by atoms with Crippen molar-refractivity contribution in [2.75, 3.05) is 19.0 Å². The molecule has 3 aromatic carbocycles. The molecule has 39 heavy (non-hydrogen) atoms. The Balaban J connectivity index is 1.89. The molecule has 0 heterocycles. The van der Waals surface area contributed by atoms with Crippen molar-refractivity contribution in [2.24, 2.45) is 0 Å². The van der Waals surface area contributed by atoms with Gasteiger partial charge in [-0.15, -0.1) is 0 Å². The topological polar surface area (TPSA) is 158 Å². The number of non-ortho nitro benzene ring substituents is 1. The zero-order valence-electron chi connectivity index (χ0n) is 20.3. The number of anilines is 1. The Kier molecular flexibility index (Phi) is 9.37. The van der Waals surface area contributed by atoms with E-state index in [4.69, 9.17) is 36.9 Å². The van der Waals surface area contributed by atoms with E-state index in [-0.39, 0.29) is 50.0 Å². The van der Waals surface area contributed by atoms with E-state index in [1.54, 1.807) is 13.0 Å². The molecule has 0 saturated heterocycles. The highest BCUT2D eigenvalue weighted by molar-refractivity contribution is 7.87. The van der Waals surface area contributed by atoms with Gasteiger partial charge in [-0.1, -0.05) is 29.3 Å². The first-order valence-corrected chi connectivity index (χ1v) is 13.1. The first-order valence-electron chi connectivity index (χ1n) is 10.9. The molecule has 0 fully saturated rings. The number of hydrogen-bond acceptors (Lipinski definition) is 9. The van der Waals surface area contributed by atoms with Gasteiger partial charge in [0.15, 0.2) is 11.5 Å². The lowest BCUT2D eigenvalue weighted by Crippen LogP contribution is -2.14. The number of nitrogens with one attached hydrogen (secondary N) is 1. The monoisotopic (exact) mass is 591 g/mol. The lowest BCUT2D eigenvalue weighted by Gasteiger charge is -2.13. The van der Waals surface area contributed by atoms with Crippen LogP contribution < -0.4 is 19.0 Å². The molecule has 11 nitrogen and oxygen atoms in total. The number of benzene rings is 3. The fraction of sp³-hybridized carbons (Fsp3) is 0.120. The smallest absolute Gasteiger partial charge is 0.339 e. The van der Waals surface area contributed by atoms with Gasteiger partial charge in [-0.25, -0.2) is 0 Å². The molecule has 1 N–H and O–H groups in total. The van der Waals surface area contributed by atoms with Crippen LogP contribution in [0.4, 0.5) is 11.4 Å². The van der Waals surface area contributed by atoms with Crippen molar-refractivity contribution in [1.29, 1.82) is 5.26 Å². The van der Waals surface area contributed by atoms with Gasteiger partial charge in [0.1, 0.15) is 22.3 Å². The molecular formula is C25H19Cl2N3O8S. The number of nitrogens with zero attached hydrogens (tertiary/aromatic N) is 2. The second-order valence-electron chi connectivity index (χ2n) is 7.52. The van der Waals surface area contributed by atoms with Gasteiger partial charge in [0.05, 0.1) is 34.4 Å². The molecule has 0 aliphatic rings. The molecule has 0 aliphatic carbocycles. The summed E-state index contributed by atoms with van der Waals surface area (Å²) in [6.07, 6.45) is 1.22. The molecule has 0 spiro atoms. The van der Waals surface area contributed by atoms with E-state index < -0.39 is 20.9 Å². The van der Waals surface area contributed by atoms with E-state index in [2.05, 4.69) is 5.32 Å². The predicted molar refractivity (Wildman–Crippen MR) is 144 cm³/mol. The number of hydrogen-bond donors (Lipinski definition) is 1. The van der Waals surface area contributed by atoms with Crippen LogP contribution >= 0.6 is 23.2 Å². The summed E-state index contributed by atoms with van der Waals surface area (Å²) in [7, 11) is -2.77. The molecule has 0 aromatic heterocycles. The van der Waals surface area contributed by atoms with Crippen molar-refractivity contribution in [1.82, 2.24) is 0 Å². The summed E-state index contributed by atoms with van der Waals surface area (Å²) in [5.74, 6) is -0.495. The number of carbonyl (C=O) groups excluding carboxylic acids is 1. The molecule has 3 aromatic rings. The van der Waals surface area contributed by atoms with Gasteiger partial charge >= 0.3 is 10.1 Å². The van der Waals surface area contributed by atoms with Gasteiger partial charge in [-0.05, 0) is 55.0 Å². The molecule has 3 rings (SSSR count). The van der Waals surface area contributed by atoms with E-state index in [0.717, 1.165) is 12.1 Å². The largest absolute Gasteiger partial charge is 0.497 e. The van der Waals surface area contributed by atoms with Crippen molar-refractivity contribution in [3.63, 3.8) is 0 Å². The predicted octanol–water partition coefficient (Wildman–Crippen LogP) is 5.62. The number of carbonyl (C=O) groups is 1. The summed E-state index contributed by atoms with van der Waals surface area (Å²) >= 11 is 12.0.